The van der Waals surface area contributed by atoms with E-state index in [0.29, 0.717) is 12.5 Å². The topological polar surface area (TPSA) is 94.5 Å². The van der Waals surface area contributed by atoms with Gasteiger partial charge in [0.2, 0.25) is 5.95 Å². The molecule has 7 heteroatoms. The Labute approximate surface area is 93.1 Å². The summed E-state index contributed by atoms with van der Waals surface area (Å²) >= 11 is 0. The van der Waals surface area contributed by atoms with Crippen LogP contribution in [0.15, 0.2) is 0 Å². The van der Waals surface area contributed by atoms with Gasteiger partial charge in [0, 0.05) is 19.6 Å². The summed E-state index contributed by atoms with van der Waals surface area (Å²) in [6.45, 7) is 4.39. The lowest BCUT2D eigenvalue weighted by Gasteiger charge is -2.11. The van der Waals surface area contributed by atoms with Gasteiger partial charge in [0.1, 0.15) is 0 Å². The van der Waals surface area contributed by atoms with E-state index in [4.69, 9.17) is 5.73 Å². The first-order valence-electron chi connectivity index (χ1n) is 5.12. The number of nitrogens with one attached hydrogen (secondary N) is 1. The summed E-state index contributed by atoms with van der Waals surface area (Å²) in [7, 11) is 1.80. The molecule has 7 nitrogen and oxygen atoms in total. The number of fused-ring (bicyclic) bond motifs is 1. The zero-order valence-corrected chi connectivity index (χ0v) is 9.60. The van der Waals surface area contributed by atoms with Crippen molar-refractivity contribution in [2.24, 2.45) is 12.8 Å². The molecule has 0 radical (unpaired) electrons. The Morgan fingerprint density at radius 1 is 1.44 bits per heavy atom. The maximum absolute atomic E-state index is 5.53. The zero-order valence-electron chi connectivity index (χ0n) is 9.60. The standard InChI is InChI=1S/C9H15N7/c1-5(4-10)11-9-12-6(2)7-8(13-9)16(3)15-14-7/h5H,4,10H2,1-3H3,(H,11,12,13). The third-order valence-electron chi connectivity index (χ3n) is 2.35. The van der Waals surface area contributed by atoms with Crippen molar-refractivity contribution in [2.75, 3.05) is 11.9 Å². The monoisotopic (exact) mass is 221 g/mol. The molecule has 0 bridgehead atoms. The first-order valence-corrected chi connectivity index (χ1v) is 5.12. The van der Waals surface area contributed by atoms with E-state index >= 15 is 0 Å². The minimum atomic E-state index is 0.137. The summed E-state index contributed by atoms with van der Waals surface area (Å²) in [6.07, 6.45) is 0. The van der Waals surface area contributed by atoms with Crippen LogP contribution in [0.5, 0.6) is 0 Å². The molecule has 0 aromatic carbocycles. The quantitative estimate of drug-likeness (QED) is 0.747. The second-order valence-electron chi connectivity index (χ2n) is 3.80. The van der Waals surface area contributed by atoms with Gasteiger partial charge in [-0.05, 0) is 13.8 Å². The number of nitrogens with zero attached hydrogens (tertiary/aromatic N) is 5. The Morgan fingerprint density at radius 2 is 2.19 bits per heavy atom. The van der Waals surface area contributed by atoms with E-state index in [1.807, 2.05) is 13.8 Å². The van der Waals surface area contributed by atoms with Crippen molar-refractivity contribution in [3.63, 3.8) is 0 Å². The molecule has 0 aliphatic rings. The maximum Gasteiger partial charge on any atom is 0.225 e. The van der Waals surface area contributed by atoms with E-state index < -0.39 is 0 Å². The lowest BCUT2D eigenvalue weighted by molar-refractivity contribution is 0.728. The van der Waals surface area contributed by atoms with Crippen LogP contribution in [0.1, 0.15) is 12.6 Å². The molecule has 0 amide bonds. The Morgan fingerprint density at radius 3 is 2.88 bits per heavy atom. The van der Waals surface area contributed by atoms with Crippen molar-refractivity contribution in [3.8, 4) is 0 Å². The smallest absolute Gasteiger partial charge is 0.225 e. The second-order valence-corrected chi connectivity index (χ2v) is 3.80. The molecule has 0 fully saturated rings. The Hall–Kier alpha value is -1.76. The van der Waals surface area contributed by atoms with E-state index in [-0.39, 0.29) is 6.04 Å². The molecule has 1 atom stereocenters. The maximum atomic E-state index is 5.53. The van der Waals surface area contributed by atoms with Gasteiger partial charge in [-0.3, -0.25) is 0 Å². The van der Waals surface area contributed by atoms with Gasteiger partial charge in [-0.15, -0.1) is 5.10 Å². The van der Waals surface area contributed by atoms with Crippen LogP contribution in [0.25, 0.3) is 11.2 Å². The highest BCUT2D eigenvalue weighted by Gasteiger charge is 2.10. The van der Waals surface area contributed by atoms with Gasteiger partial charge < -0.3 is 11.1 Å². The van der Waals surface area contributed by atoms with Gasteiger partial charge in [-0.1, -0.05) is 5.21 Å². The first kappa shape index (κ1) is 10.7. The van der Waals surface area contributed by atoms with E-state index in [1.54, 1.807) is 11.7 Å². The van der Waals surface area contributed by atoms with Crippen LogP contribution in [-0.2, 0) is 7.05 Å². The minimum absolute atomic E-state index is 0.137. The molecule has 0 saturated carbocycles. The SMILES string of the molecule is Cc1nc(NC(C)CN)nc2c1nnn2C. The molecule has 1 unspecified atom stereocenters. The molecule has 2 heterocycles. The van der Waals surface area contributed by atoms with Crippen LogP contribution >= 0.6 is 0 Å². The molecule has 86 valence electrons. The fourth-order valence-corrected chi connectivity index (χ4v) is 1.39. The lowest BCUT2D eigenvalue weighted by atomic mass is 10.3. The van der Waals surface area contributed by atoms with Crippen LogP contribution in [0.3, 0.4) is 0 Å². The van der Waals surface area contributed by atoms with Crippen molar-refractivity contribution < 1.29 is 0 Å². The van der Waals surface area contributed by atoms with Gasteiger partial charge in [0.05, 0.1) is 5.69 Å². The fraction of sp³-hybridized carbons (Fsp3) is 0.556. The van der Waals surface area contributed by atoms with Gasteiger partial charge in [0.25, 0.3) is 0 Å². The Bertz CT molecular complexity index is 504. The van der Waals surface area contributed by atoms with Crippen molar-refractivity contribution >= 4 is 17.1 Å². The molecule has 0 spiro atoms. The number of aromatic nitrogens is 5. The average Bonchev–Trinajstić information content (AvgIpc) is 2.61. The number of hydrogen-bond donors (Lipinski definition) is 2. The van der Waals surface area contributed by atoms with E-state index in [9.17, 15) is 0 Å². The summed E-state index contributed by atoms with van der Waals surface area (Å²) in [5.74, 6) is 0.563. The third-order valence-corrected chi connectivity index (χ3v) is 2.35. The highest BCUT2D eigenvalue weighted by Crippen LogP contribution is 2.13. The highest BCUT2D eigenvalue weighted by atomic mass is 15.4. The molecule has 0 aliphatic heterocycles. The van der Waals surface area contributed by atoms with Crippen LogP contribution in [0.2, 0.25) is 0 Å². The van der Waals surface area contributed by atoms with Gasteiger partial charge >= 0.3 is 0 Å². The average molecular weight is 221 g/mol. The molecule has 2 rings (SSSR count). The number of anilines is 1. The summed E-state index contributed by atoms with van der Waals surface area (Å²) in [5.41, 5.74) is 7.79. The number of rotatable bonds is 3. The first-order chi connectivity index (χ1) is 7.61. The van der Waals surface area contributed by atoms with Crippen molar-refractivity contribution in [3.05, 3.63) is 5.69 Å². The van der Waals surface area contributed by atoms with E-state index in [1.165, 1.54) is 0 Å². The highest BCUT2D eigenvalue weighted by molar-refractivity contribution is 5.73. The molecule has 2 aromatic heterocycles. The van der Waals surface area contributed by atoms with Gasteiger partial charge in [-0.2, -0.15) is 4.98 Å². The Kier molecular flexibility index (Phi) is 2.69. The largest absolute Gasteiger partial charge is 0.350 e. The Balaban J connectivity index is 2.44. The van der Waals surface area contributed by atoms with Crippen molar-refractivity contribution in [1.29, 1.82) is 0 Å². The number of nitrogens with two attached hydrogens (primary N) is 1. The number of hydrogen-bond acceptors (Lipinski definition) is 6. The van der Waals surface area contributed by atoms with Crippen LogP contribution in [0, 0.1) is 6.92 Å². The predicted molar refractivity (Wildman–Crippen MR) is 61.0 cm³/mol. The predicted octanol–water partition coefficient (Wildman–Crippen LogP) is -0.174. The summed E-state index contributed by atoms with van der Waals surface area (Å²) < 4.78 is 1.63. The van der Waals surface area contributed by atoms with Gasteiger partial charge in [0.15, 0.2) is 11.2 Å². The zero-order chi connectivity index (χ0) is 11.7. The summed E-state index contributed by atoms with van der Waals surface area (Å²) in [5, 5.41) is 11.0. The minimum Gasteiger partial charge on any atom is -0.350 e. The molecular formula is C9H15N7. The molecule has 16 heavy (non-hydrogen) atoms. The molecule has 3 N–H and O–H groups in total. The van der Waals surface area contributed by atoms with Crippen LogP contribution in [-0.4, -0.2) is 37.5 Å². The fourth-order valence-electron chi connectivity index (χ4n) is 1.39. The van der Waals surface area contributed by atoms with Crippen molar-refractivity contribution in [1.82, 2.24) is 25.0 Å². The lowest BCUT2D eigenvalue weighted by Crippen LogP contribution is -2.26. The molecular weight excluding hydrogens is 206 g/mol. The molecule has 2 aromatic rings. The van der Waals surface area contributed by atoms with E-state index in [2.05, 4.69) is 25.6 Å². The molecule has 0 aliphatic carbocycles. The second kappa shape index (κ2) is 4.01. The normalized spacial score (nSPS) is 13.0. The third kappa shape index (κ3) is 1.81. The van der Waals surface area contributed by atoms with E-state index in [0.717, 1.165) is 16.9 Å². The van der Waals surface area contributed by atoms with Gasteiger partial charge in [-0.25, -0.2) is 9.67 Å². The number of aryl methyl sites for hydroxylation is 2. The van der Waals surface area contributed by atoms with Crippen LogP contribution in [0.4, 0.5) is 5.95 Å². The summed E-state index contributed by atoms with van der Waals surface area (Å²) in [4.78, 5) is 8.65. The van der Waals surface area contributed by atoms with Crippen molar-refractivity contribution in [2.45, 2.75) is 19.9 Å². The molecule has 0 saturated heterocycles. The van der Waals surface area contributed by atoms with Crippen LogP contribution < -0.4 is 11.1 Å². The summed E-state index contributed by atoms with van der Waals surface area (Å²) in [6, 6.07) is 0.137.